The third-order valence-corrected chi connectivity index (χ3v) is 5.55. The molecule has 1 fully saturated rings. The molecule has 1 aliphatic rings. The minimum atomic E-state index is -1.26. The Bertz CT molecular complexity index is 1160. The average Bonchev–Trinajstić information content (AvgIpc) is 3.15. The highest BCUT2D eigenvalue weighted by Crippen LogP contribution is 2.27. The molecule has 184 valence electrons. The molecule has 0 atom stereocenters. The number of hydrogen-bond acceptors (Lipinski definition) is 7. The van der Waals surface area contributed by atoms with Crippen LogP contribution in [-0.4, -0.2) is 73.0 Å². The first-order valence-corrected chi connectivity index (χ1v) is 11.2. The fourth-order valence-corrected chi connectivity index (χ4v) is 3.78. The Balaban J connectivity index is 0.000000371. The van der Waals surface area contributed by atoms with Crippen LogP contribution in [0.3, 0.4) is 0 Å². The molecule has 1 saturated heterocycles. The second-order valence-electron chi connectivity index (χ2n) is 8.28. The summed E-state index contributed by atoms with van der Waals surface area (Å²) in [5.74, 6) is -1.53. The summed E-state index contributed by atoms with van der Waals surface area (Å²) >= 11 is 0. The van der Waals surface area contributed by atoms with E-state index in [1.165, 1.54) is 11.1 Å². The number of aliphatic carboxylic acids is 2. The molecule has 0 radical (unpaired) electrons. The lowest BCUT2D eigenvalue weighted by Gasteiger charge is -2.35. The molecule has 2 N–H and O–H groups in total. The van der Waals surface area contributed by atoms with E-state index in [9.17, 15) is 9.59 Å². The number of aryl methyl sites for hydroxylation is 3. The molecule has 1 aliphatic heterocycles. The lowest BCUT2D eigenvalue weighted by molar-refractivity contribution is -0.134. The van der Waals surface area contributed by atoms with Crippen LogP contribution >= 0.6 is 0 Å². The molecule has 0 spiro atoms. The summed E-state index contributed by atoms with van der Waals surface area (Å²) in [6.07, 6.45) is 6.81. The molecular formula is C25H30N6O4. The maximum Gasteiger partial charge on any atom is 0.328 e. The number of hydrogen-bond donors (Lipinski definition) is 2. The van der Waals surface area contributed by atoms with Crippen LogP contribution in [0, 0.1) is 13.8 Å². The predicted octanol–water partition coefficient (Wildman–Crippen LogP) is 2.53. The summed E-state index contributed by atoms with van der Waals surface area (Å²) in [4.78, 5) is 33.2. The smallest absolute Gasteiger partial charge is 0.328 e. The van der Waals surface area contributed by atoms with Gasteiger partial charge in [0.15, 0.2) is 5.82 Å². The van der Waals surface area contributed by atoms with Crippen LogP contribution in [0.5, 0.6) is 0 Å². The lowest BCUT2D eigenvalue weighted by atomic mass is 10.1. The zero-order valence-electron chi connectivity index (χ0n) is 20.1. The van der Waals surface area contributed by atoms with Crippen LogP contribution in [0.4, 0.5) is 5.82 Å². The summed E-state index contributed by atoms with van der Waals surface area (Å²) < 4.78 is 1.90. The molecule has 0 bridgehead atoms. The number of nitrogens with zero attached hydrogens (tertiary/aromatic N) is 6. The molecule has 10 nitrogen and oxygen atoms in total. The van der Waals surface area contributed by atoms with Gasteiger partial charge in [0.05, 0.1) is 5.69 Å². The Morgan fingerprint density at radius 3 is 2.09 bits per heavy atom. The zero-order valence-corrected chi connectivity index (χ0v) is 20.1. The Hall–Kier alpha value is -4.05. The molecule has 3 aromatic rings. The van der Waals surface area contributed by atoms with E-state index in [4.69, 9.17) is 10.2 Å². The van der Waals surface area contributed by atoms with Crippen molar-refractivity contribution in [3.8, 4) is 11.3 Å². The van der Waals surface area contributed by atoms with E-state index in [0.717, 1.165) is 55.5 Å². The number of anilines is 1. The van der Waals surface area contributed by atoms with Crippen LogP contribution < -0.4 is 4.90 Å². The van der Waals surface area contributed by atoms with Gasteiger partial charge in [0.25, 0.3) is 0 Å². The van der Waals surface area contributed by atoms with Crippen molar-refractivity contribution in [2.45, 2.75) is 20.4 Å². The van der Waals surface area contributed by atoms with E-state index < -0.39 is 11.9 Å². The van der Waals surface area contributed by atoms with Gasteiger partial charge in [-0.25, -0.2) is 14.6 Å². The first kappa shape index (κ1) is 25.6. The van der Waals surface area contributed by atoms with Gasteiger partial charge in [0, 0.05) is 81.6 Å². The summed E-state index contributed by atoms with van der Waals surface area (Å²) in [6, 6.07) is 8.51. The maximum absolute atomic E-state index is 9.55. The van der Waals surface area contributed by atoms with Gasteiger partial charge in [0.2, 0.25) is 0 Å². The van der Waals surface area contributed by atoms with Gasteiger partial charge in [-0.2, -0.15) is 5.10 Å². The molecule has 1 aromatic carbocycles. The molecule has 0 unspecified atom stereocenters. The zero-order chi connectivity index (χ0) is 25.4. The summed E-state index contributed by atoms with van der Waals surface area (Å²) in [5.41, 5.74) is 5.77. The van der Waals surface area contributed by atoms with Crippen molar-refractivity contribution >= 4 is 17.8 Å². The second-order valence-corrected chi connectivity index (χ2v) is 8.28. The molecule has 4 rings (SSSR count). The normalized spacial score (nSPS) is 14.0. The molecule has 2 aromatic heterocycles. The van der Waals surface area contributed by atoms with Crippen LogP contribution in [-0.2, 0) is 23.2 Å². The minimum Gasteiger partial charge on any atom is -0.478 e. The standard InChI is InChI=1S/C21H26N6.C4H4O4/c1-16-4-6-18(7-5-16)20-21(23-9-8-22-20)27-12-10-26(11-13-27)15-19-14-25(3)24-17(19)2;5-3(6)1-2-4(7)8/h4-9,14H,10-13,15H2,1-3H3;1-2H,(H,5,6)(H,7,8). The third-order valence-electron chi connectivity index (χ3n) is 5.55. The average molecular weight is 479 g/mol. The van der Waals surface area contributed by atoms with Gasteiger partial charge in [-0.05, 0) is 13.8 Å². The SMILES string of the molecule is Cc1ccc(-c2nccnc2N2CCN(Cc3cn(C)nc3C)CC2)cc1.O=C(O)C=CC(=O)O. The quantitative estimate of drug-likeness (QED) is 0.514. The van der Waals surface area contributed by atoms with Crippen LogP contribution in [0.2, 0.25) is 0 Å². The topological polar surface area (TPSA) is 125 Å². The Kier molecular flexibility index (Phi) is 8.69. The molecule has 10 heteroatoms. The highest BCUT2D eigenvalue weighted by Gasteiger charge is 2.22. The number of carboxylic acids is 2. The van der Waals surface area contributed by atoms with E-state index in [2.05, 4.69) is 69.2 Å². The Labute approximate surface area is 204 Å². The first-order valence-electron chi connectivity index (χ1n) is 11.2. The van der Waals surface area contributed by atoms with Gasteiger partial charge < -0.3 is 15.1 Å². The van der Waals surface area contributed by atoms with E-state index in [1.54, 1.807) is 12.4 Å². The third kappa shape index (κ3) is 7.47. The number of piperazine rings is 1. The van der Waals surface area contributed by atoms with Crippen molar-refractivity contribution in [3.05, 3.63) is 71.8 Å². The lowest BCUT2D eigenvalue weighted by Crippen LogP contribution is -2.46. The fourth-order valence-electron chi connectivity index (χ4n) is 3.78. The monoisotopic (exact) mass is 478 g/mol. The number of aromatic nitrogens is 4. The highest BCUT2D eigenvalue weighted by molar-refractivity contribution is 5.89. The van der Waals surface area contributed by atoms with Crippen molar-refractivity contribution in [1.29, 1.82) is 0 Å². The maximum atomic E-state index is 9.55. The Morgan fingerprint density at radius 2 is 1.54 bits per heavy atom. The van der Waals surface area contributed by atoms with Crippen molar-refractivity contribution in [2.75, 3.05) is 31.1 Å². The minimum absolute atomic E-state index is 0.558. The van der Waals surface area contributed by atoms with E-state index >= 15 is 0 Å². The van der Waals surface area contributed by atoms with Crippen LogP contribution in [0.25, 0.3) is 11.3 Å². The number of carbonyl (C=O) groups is 2. The van der Waals surface area contributed by atoms with Crippen molar-refractivity contribution in [1.82, 2.24) is 24.6 Å². The molecule has 0 saturated carbocycles. The van der Waals surface area contributed by atoms with Crippen LogP contribution in [0.15, 0.2) is 55.0 Å². The fraction of sp³-hybridized carbons (Fsp3) is 0.320. The number of rotatable bonds is 6. The molecule has 35 heavy (non-hydrogen) atoms. The van der Waals surface area contributed by atoms with Gasteiger partial charge in [-0.3, -0.25) is 14.6 Å². The summed E-state index contributed by atoms with van der Waals surface area (Å²) in [6.45, 7) is 9.08. The van der Waals surface area contributed by atoms with E-state index in [1.807, 2.05) is 11.7 Å². The van der Waals surface area contributed by atoms with Gasteiger partial charge in [-0.1, -0.05) is 29.8 Å². The first-order chi connectivity index (χ1) is 16.7. The van der Waals surface area contributed by atoms with Crippen molar-refractivity contribution < 1.29 is 19.8 Å². The predicted molar refractivity (Wildman–Crippen MR) is 132 cm³/mol. The van der Waals surface area contributed by atoms with Crippen molar-refractivity contribution in [3.63, 3.8) is 0 Å². The van der Waals surface area contributed by atoms with Gasteiger partial charge >= 0.3 is 11.9 Å². The van der Waals surface area contributed by atoms with Crippen molar-refractivity contribution in [2.24, 2.45) is 7.05 Å². The molecule has 3 heterocycles. The molecular weight excluding hydrogens is 448 g/mol. The molecule has 0 amide bonds. The van der Waals surface area contributed by atoms with E-state index in [0.29, 0.717) is 12.2 Å². The second kappa shape index (κ2) is 11.9. The highest BCUT2D eigenvalue weighted by atomic mass is 16.4. The van der Waals surface area contributed by atoms with Gasteiger partial charge in [0.1, 0.15) is 5.69 Å². The van der Waals surface area contributed by atoms with Gasteiger partial charge in [-0.15, -0.1) is 0 Å². The van der Waals surface area contributed by atoms with E-state index in [-0.39, 0.29) is 0 Å². The molecule has 0 aliphatic carbocycles. The number of carboxylic acid groups (broad SMARTS) is 2. The number of benzene rings is 1. The summed E-state index contributed by atoms with van der Waals surface area (Å²) in [5, 5.41) is 20.1. The van der Waals surface area contributed by atoms with Crippen LogP contribution in [0.1, 0.15) is 16.8 Å². The largest absolute Gasteiger partial charge is 0.478 e. The summed E-state index contributed by atoms with van der Waals surface area (Å²) in [7, 11) is 1.98. The Morgan fingerprint density at radius 1 is 0.943 bits per heavy atom.